The van der Waals surface area contributed by atoms with E-state index in [1.165, 1.54) is 23.1 Å². The minimum atomic E-state index is -0.535. The van der Waals surface area contributed by atoms with Crippen LogP contribution in [-0.4, -0.2) is 40.3 Å². The number of rotatable bonds is 8. The Bertz CT molecular complexity index is 507. The quantitative estimate of drug-likeness (QED) is 0.730. The Morgan fingerprint density at radius 1 is 1.35 bits per heavy atom. The lowest BCUT2D eigenvalue weighted by atomic mass is 10.3. The molecule has 1 atom stereocenters. The first-order chi connectivity index (χ1) is 9.78. The smallest absolute Gasteiger partial charge is 0.206 e. The average molecular weight is 311 g/mol. The highest BCUT2D eigenvalue weighted by Crippen LogP contribution is 2.25. The second kappa shape index (κ2) is 8.08. The molecule has 108 valence electrons. The summed E-state index contributed by atoms with van der Waals surface area (Å²) < 4.78 is 6.34. The molecule has 0 aliphatic heterocycles. The first-order valence-corrected chi connectivity index (χ1v) is 8.14. The molecular weight excluding hydrogens is 294 g/mol. The number of nitrogens with one attached hydrogen (secondary N) is 1. The zero-order valence-corrected chi connectivity index (χ0v) is 12.8. The lowest BCUT2D eigenvalue weighted by Crippen LogP contribution is -2.19. The number of hydrogen-bond donors (Lipinski definition) is 2. The second-order valence-electron chi connectivity index (χ2n) is 3.99. The molecule has 0 radical (unpaired) electrons. The third-order valence-electron chi connectivity index (χ3n) is 2.32. The molecule has 0 saturated carbocycles. The van der Waals surface area contributed by atoms with Gasteiger partial charge in [0.25, 0.3) is 0 Å². The summed E-state index contributed by atoms with van der Waals surface area (Å²) >= 11 is 2.98. The van der Waals surface area contributed by atoms with Gasteiger partial charge in [0, 0.05) is 12.3 Å². The van der Waals surface area contributed by atoms with Gasteiger partial charge < -0.3 is 15.2 Å². The predicted molar refractivity (Wildman–Crippen MR) is 82.7 cm³/mol. The molecule has 2 aromatic rings. The molecule has 0 aliphatic carbocycles. The van der Waals surface area contributed by atoms with Crippen LogP contribution in [0.2, 0.25) is 0 Å². The Balaban J connectivity index is 1.70. The summed E-state index contributed by atoms with van der Waals surface area (Å²) in [6.07, 6.45) is -0.535. The van der Waals surface area contributed by atoms with Crippen molar-refractivity contribution in [2.24, 2.45) is 0 Å². The zero-order chi connectivity index (χ0) is 14.2. The number of hydrogen-bond acceptors (Lipinski definition) is 7. The van der Waals surface area contributed by atoms with E-state index in [1.54, 1.807) is 0 Å². The molecule has 2 N–H and O–H groups in total. The number of thioether (sulfide) groups is 1. The molecule has 1 aromatic carbocycles. The van der Waals surface area contributed by atoms with Gasteiger partial charge in [-0.2, -0.15) is 0 Å². The first kappa shape index (κ1) is 15.1. The van der Waals surface area contributed by atoms with Crippen molar-refractivity contribution in [1.82, 2.24) is 10.2 Å². The van der Waals surface area contributed by atoms with Gasteiger partial charge in [0.05, 0.1) is 6.10 Å². The third kappa shape index (κ3) is 4.99. The Hall–Kier alpha value is -1.31. The molecule has 0 saturated heterocycles. The number of benzene rings is 1. The minimum absolute atomic E-state index is 0.274. The van der Waals surface area contributed by atoms with Crippen molar-refractivity contribution < 1.29 is 9.84 Å². The maximum absolute atomic E-state index is 9.88. The maximum atomic E-state index is 9.88. The van der Waals surface area contributed by atoms with Crippen LogP contribution in [0.3, 0.4) is 0 Å². The lowest BCUT2D eigenvalue weighted by molar-refractivity contribution is 0.126. The van der Waals surface area contributed by atoms with Crippen LogP contribution in [0.1, 0.15) is 6.92 Å². The minimum Gasteiger partial charge on any atom is -0.491 e. The van der Waals surface area contributed by atoms with Crippen molar-refractivity contribution in [3.63, 3.8) is 0 Å². The van der Waals surface area contributed by atoms with Crippen LogP contribution >= 0.6 is 23.1 Å². The Labute approximate surface area is 126 Å². The molecule has 0 unspecified atom stereocenters. The van der Waals surface area contributed by atoms with Crippen LogP contribution in [0.25, 0.3) is 0 Å². The van der Waals surface area contributed by atoms with Crippen molar-refractivity contribution >= 4 is 28.2 Å². The summed E-state index contributed by atoms with van der Waals surface area (Å²) in [4.78, 5) is 0. The number of aliphatic hydroxyl groups excluding tert-OH is 1. The van der Waals surface area contributed by atoms with Crippen LogP contribution in [0.15, 0.2) is 34.7 Å². The monoisotopic (exact) mass is 311 g/mol. The molecule has 0 amide bonds. The fraction of sp³-hybridized carbons (Fsp3) is 0.385. The molecule has 5 nitrogen and oxygen atoms in total. The average Bonchev–Trinajstić information content (AvgIpc) is 2.92. The van der Waals surface area contributed by atoms with Crippen molar-refractivity contribution in [3.05, 3.63) is 30.3 Å². The normalized spacial score (nSPS) is 12.1. The Kier molecular flexibility index (Phi) is 6.10. The Morgan fingerprint density at radius 3 is 2.90 bits per heavy atom. The number of para-hydroxylation sites is 1. The van der Waals surface area contributed by atoms with Crippen LogP contribution in [0.4, 0.5) is 5.13 Å². The number of ether oxygens (including phenoxy) is 1. The predicted octanol–water partition coefficient (Wildman–Crippen LogP) is 2.50. The highest BCUT2D eigenvalue weighted by molar-refractivity contribution is 8.01. The fourth-order valence-electron chi connectivity index (χ4n) is 1.42. The summed E-state index contributed by atoms with van der Waals surface area (Å²) in [6.45, 7) is 3.11. The topological polar surface area (TPSA) is 67.3 Å². The number of aliphatic hydroxyl groups is 1. The van der Waals surface area contributed by atoms with Gasteiger partial charge in [-0.3, -0.25) is 0 Å². The van der Waals surface area contributed by atoms with E-state index in [0.29, 0.717) is 5.75 Å². The van der Waals surface area contributed by atoms with E-state index >= 15 is 0 Å². The van der Waals surface area contributed by atoms with Crippen molar-refractivity contribution in [1.29, 1.82) is 0 Å². The van der Waals surface area contributed by atoms with E-state index in [1.807, 2.05) is 37.3 Å². The van der Waals surface area contributed by atoms with Crippen molar-refractivity contribution in [2.75, 3.05) is 24.2 Å². The van der Waals surface area contributed by atoms with Gasteiger partial charge in [0.2, 0.25) is 5.13 Å². The van der Waals surface area contributed by atoms with Gasteiger partial charge in [0.15, 0.2) is 4.34 Å². The summed E-state index contributed by atoms with van der Waals surface area (Å²) in [5.41, 5.74) is 0. The highest BCUT2D eigenvalue weighted by atomic mass is 32.2. The number of anilines is 1. The van der Waals surface area contributed by atoms with Crippen LogP contribution in [0, 0.1) is 0 Å². The molecule has 0 aliphatic rings. The van der Waals surface area contributed by atoms with E-state index in [2.05, 4.69) is 15.5 Å². The maximum Gasteiger partial charge on any atom is 0.206 e. The van der Waals surface area contributed by atoms with Crippen LogP contribution < -0.4 is 10.1 Å². The van der Waals surface area contributed by atoms with Crippen molar-refractivity contribution in [2.45, 2.75) is 17.4 Å². The molecule has 20 heavy (non-hydrogen) atoms. The summed E-state index contributed by atoms with van der Waals surface area (Å²) in [6, 6.07) is 9.47. The molecule has 0 fully saturated rings. The van der Waals surface area contributed by atoms with Crippen molar-refractivity contribution in [3.8, 4) is 5.75 Å². The third-order valence-corrected chi connectivity index (χ3v) is 4.48. The molecule has 0 spiro atoms. The fourth-order valence-corrected chi connectivity index (χ4v) is 3.17. The molecule has 1 aromatic heterocycles. The summed E-state index contributed by atoms with van der Waals surface area (Å²) in [7, 11) is 0. The molecule has 2 rings (SSSR count). The summed E-state index contributed by atoms with van der Waals surface area (Å²) in [5.74, 6) is 1.30. The van der Waals surface area contributed by atoms with Gasteiger partial charge in [0.1, 0.15) is 12.4 Å². The zero-order valence-electron chi connectivity index (χ0n) is 11.2. The second-order valence-corrected chi connectivity index (χ2v) is 6.24. The number of aromatic nitrogens is 2. The van der Waals surface area contributed by atoms with E-state index in [4.69, 9.17) is 4.74 Å². The molecule has 0 bridgehead atoms. The lowest BCUT2D eigenvalue weighted by Gasteiger charge is -2.10. The van der Waals surface area contributed by atoms with Gasteiger partial charge in [-0.1, -0.05) is 41.3 Å². The van der Waals surface area contributed by atoms with E-state index in [0.717, 1.165) is 21.8 Å². The SMILES string of the molecule is CCNc1nnc(SC[C@@H](O)COc2ccccc2)s1. The number of nitrogens with zero attached hydrogens (tertiary/aromatic N) is 2. The highest BCUT2D eigenvalue weighted by Gasteiger charge is 2.09. The van der Waals surface area contributed by atoms with Crippen LogP contribution in [-0.2, 0) is 0 Å². The van der Waals surface area contributed by atoms with Crippen LogP contribution in [0.5, 0.6) is 5.75 Å². The molecule has 1 heterocycles. The van der Waals surface area contributed by atoms with Gasteiger partial charge in [-0.25, -0.2) is 0 Å². The van der Waals surface area contributed by atoms with E-state index in [9.17, 15) is 5.11 Å². The largest absolute Gasteiger partial charge is 0.491 e. The van der Waals surface area contributed by atoms with E-state index < -0.39 is 6.10 Å². The van der Waals surface area contributed by atoms with Gasteiger partial charge in [-0.15, -0.1) is 10.2 Å². The summed E-state index contributed by atoms with van der Waals surface area (Å²) in [5, 5.41) is 21.8. The molecular formula is C13H17N3O2S2. The first-order valence-electron chi connectivity index (χ1n) is 6.34. The van der Waals surface area contributed by atoms with E-state index in [-0.39, 0.29) is 6.61 Å². The Morgan fingerprint density at radius 2 is 2.15 bits per heavy atom. The van der Waals surface area contributed by atoms with Gasteiger partial charge >= 0.3 is 0 Å². The van der Waals surface area contributed by atoms with Gasteiger partial charge in [-0.05, 0) is 19.1 Å². The standard InChI is InChI=1S/C13H17N3O2S2/c1-2-14-12-15-16-13(20-12)19-9-10(17)8-18-11-6-4-3-5-7-11/h3-7,10,17H,2,8-9H2,1H3,(H,14,15)/t10-/m0/s1. The molecule has 7 heteroatoms.